The van der Waals surface area contributed by atoms with Crippen molar-refractivity contribution in [2.75, 3.05) is 0 Å². The Kier molecular flexibility index (Phi) is 2.43. The average Bonchev–Trinajstić information content (AvgIpc) is 2.12. The molecule has 13 heavy (non-hydrogen) atoms. The van der Waals surface area contributed by atoms with Crippen LogP contribution in [0.25, 0.3) is 10.9 Å². The number of benzene rings is 1. The molecule has 2 aromatic rings. The van der Waals surface area contributed by atoms with E-state index in [4.69, 9.17) is 11.6 Å². The number of nitrogens with zero attached hydrogens (tertiary/aromatic N) is 1. The molecule has 66 valence electrons. The Balaban J connectivity index is 2.89. The van der Waals surface area contributed by atoms with Gasteiger partial charge < -0.3 is 0 Å². The fourth-order valence-corrected chi connectivity index (χ4v) is 1.87. The lowest BCUT2D eigenvalue weighted by atomic mass is 10.1. The number of halogens is 2. The SMILES string of the molecule is Cc1c(I)cnc2ccc(Cl)cc12. The molecular weight excluding hydrogens is 296 g/mol. The molecule has 3 heteroatoms. The zero-order chi connectivity index (χ0) is 9.42. The Morgan fingerprint density at radius 1 is 1.38 bits per heavy atom. The van der Waals surface area contributed by atoms with Gasteiger partial charge in [0.15, 0.2) is 0 Å². The van der Waals surface area contributed by atoms with Gasteiger partial charge in [-0.1, -0.05) is 11.6 Å². The summed E-state index contributed by atoms with van der Waals surface area (Å²) in [7, 11) is 0. The highest BCUT2D eigenvalue weighted by Crippen LogP contribution is 2.23. The van der Waals surface area contributed by atoms with Crippen molar-refractivity contribution in [1.29, 1.82) is 0 Å². The molecule has 0 aliphatic rings. The number of rotatable bonds is 0. The van der Waals surface area contributed by atoms with Gasteiger partial charge in [0.25, 0.3) is 0 Å². The molecule has 2 rings (SSSR count). The maximum atomic E-state index is 5.91. The molecule has 0 fully saturated rings. The Bertz CT molecular complexity index is 462. The fourth-order valence-electron chi connectivity index (χ4n) is 1.27. The standard InChI is InChI=1S/C10H7ClIN/c1-6-8-4-7(11)2-3-10(8)13-5-9(6)12/h2-5H,1H3. The lowest BCUT2D eigenvalue weighted by Gasteiger charge is -2.03. The molecule has 0 atom stereocenters. The van der Waals surface area contributed by atoms with Crippen molar-refractivity contribution in [1.82, 2.24) is 4.98 Å². The summed E-state index contributed by atoms with van der Waals surface area (Å²) in [6, 6.07) is 5.77. The van der Waals surface area contributed by atoms with Crippen LogP contribution in [-0.2, 0) is 0 Å². The Morgan fingerprint density at radius 3 is 2.92 bits per heavy atom. The van der Waals surface area contributed by atoms with E-state index >= 15 is 0 Å². The minimum absolute atomic E-state index is 0.763. The summed E-state index contributed by atoms with van der Waals surface area (Å²) in [5.74, 6) is 0. The van der Waals surface area contributed by atoms with E-state index < -0.39 is 0 Å². The van der Waals surface area contributed by atoms with Crippen molar-refractivity contribution in [3.8, 4) is 0 Å². The number of fused-ring (bicyclic) bond motifs is 1. The van der Waals surface area contributed by atoms with Gasteiger partial charge in [-0.05, 0) is 53.3 Å². The molecule has 1 aromatic carbocycles. The van der Waals surface area contributed by atoms with E-state index in [0.29, 0.717) is 0 Å². The van der Waals surface area contributed by atoms with Crippen LogP contribution in [0.1, 0.15) is 5.56 Å². The largest absolute Gasteiger partial charge is 0.255 e. The van der Waals surface area contributed by atoms with Gasteiger partial charge in [0.2, 0.25) is 0 Å². The Hall–Kier alpha value is -0.350. The highest BCUT2D eigenvalue weighted by Gasteiger charge is 2.02. The molecular formula is C10H7ClIN. The second kappa shape index (κ2) is 3.42. The first-order valence-corrected chi connectivity index (χ1v) is 5.34. The maximum Gasteiger partial charge on any atom is 0.0706 e. The van der Waals surface area contributed by atoms with Gasteiger partial charge in [0.1, 0.15) is 0 Å². The summed E-state index contributed by atoms with van der Waals surface area (Å²) in [6.45, 7) is 2.09. The van der Waals surface area contributed by atoms with Crippen LogP contribution < -0.4 is 0 Å². The number of pyridine rings is 1. The van der Waals surface area contributed by atoms with E-state index in [1.165, 1.54) is 9.13 Å². The molecule has 0 amide bonds. The first-order valence-electron chi connectivity index (χ1n) is 3.89. The fraction of sp³-hybridized carbons (Fsp3) is 0.100. The first kappa shape index (κ1) is 9.21. The molecule has 0 saturated carbocycles. The van der Waals surface area contributed by atoms with Gasteiger partial charge in [-0.25, -0.2) is 0 Å². The molecule has 0 saturated heterocycles. The first-order chi connectivity index (χ1) is 6.18. The van der Waals surface area contributed by atoms with Gasteiger partial charge in [-0.15, -0.1) is 0 Å². The Labute approximate surface area is 95.3 Å². The predicted octanol–water partition coefficient (Wildman–Crippen LogP) is 3.80. The van der Waals surface area contributed by atoms with Crippen LogP contribution in [0, 0.1) is 10.5 Å². The molecule has 1 aromatic heterocycles. The third-order valence-corrected chi connectivity index (χ3v) is 3.36. The van der Waals surface area contributed by atoms with Gasteiger partial charge in [-0.3, -0.25) is 4.98 Å². The van der Waals surface area contributed by atoms with Crippen LogP contribution >= 0.6 is 34.2 Å². The van der Waals surface area contributed by atoms with Crippen molar-refractivity contribution in [3.05, 3.63) is 38.6 Å². The molecule has 0 bridgehead atoms. The molecule has 0 radical (unpaired) electrons. The van der Waals surface area contributed by atoms with Gasteiger partial charge in [-0.2, -0.15) is 0 Å². The highest BCUT2D eigenvalue weighted by molar-refractivity contribution is 14.1. The summed E-state index contributed by atoms with van der Waals surface area (Å²) in [5, 5.41) is 1.90. The second-order valence-electron chi connectivity index (χ2n) is 2.89. The molecule has 1 heterocycles. The summed E-state index contributed by atoms with van der Waals surface area (Å²) < 4.78 is 1.17. The van der Waals surface area contributed by atoms with Crippen LogP contribution in [-0.4, -0.2) is 4.98 Å². The van der Waals surface area contributed by atoms with E-state index in [1.54, 1.807) is 0 Å². The van der Waals surface area contributed by atoms with Crippen molar-refractivity contribution in [2.45, 2.75) is 6.92 Å². The molecule has 1 nitrogen and oxygen atoms in total. The zero-order valence-electron chi connectivity index (χ0n) is 7.01. The monoisotopic (exact) mass is 303 g/mol. The minimum atomic E-state index is 0.763. The second-order valence-corrected chi connectivity index (χ2v) is 4.49. The van der Waals surface area contributed by atoms with E-state index in [9.17, 15) is 0 Å². The highest BCUT2D eigenvalue weighted by atomic mass is 127. The Morgan fingerprint density at radius 2 is 2.15 bits per heavy atom. The van der Waals surface area contributed by atoms with Crippen molar-refractivity contribution in [2.24, 2.45) is 0 Å². The van der Waals surface area contributed by atoms with Gasteiger partial charge >= 0.3 is 0 Å². The van der Waals surface area contributed by atoms with Crippen molar-refractivity contribution >= 4 is 45.1 Å². The minimum Gasteiger partial charge on any atom is -0.255 e. The quantitative estimate of drug-likeness (QED) is 0.675. The van der Waals surface area contributed by atoms with E-state index in [1.807, 2.05) is 24.4 Å². The van der Waals surface area contributed by atoms with Crippen molar-refractivity contribution < 1.29 is 0 Å². The summed E-state index contributed by atoms with van der Waals surface area (Å²) >= 11 is 8.19. The maximum absolute atomic E-state index is 5.91. The molecule has 0 aliphatic heterocycles. The van der Waals surface area contributed by atoms with Crippen LogP contribution in [0.3, 0.4) is 0 Å². The summed E-state index contributed by atoms with van der Waals surface area (Å²) in [4.78, 5) is 4.32. The summed E-state index contributed by atoms with van der Waals surface area (Å²) in [5.41, 5.74) is 2.25. The smallest absolute Gasteiger partial charge is 0.0706 e. The van der Waals surface area contributed by atoms with Crippen LogP contribution in [0.15, 0.2) is 24.4 Å². The topological polar surface area (TPSA) is 12.9 Å². The number of aromatic nitrogens is 1. The lowest BCUT2D eigenvalue weighted by molar-refractivity contribution is 1.34. The number of hydrogen-bond acceptors (Lipinski definition) is 1. The number of aryl methyl sites for hydroxylation is 1. The summed E-state index contributed by atoms with van der Waals surface area (Å²) in [6.07, 6.45) is 1.88. The van der Waals surface area contributed by atoms with Gasteiger partial charge in [0.05, 0.1) is 5.52 Å². The average molecular weight is 304 g/mol. The van der Waals surface area contributed by atoms with E-state index in [-0.39, 0.29) is 0 Å². The van der Waals surface area contributed by atoms with Gasteiger partial charge in [0, 0.05) is 20.2 Å². The lowest BCUT2D eigenvalue weighted by Crippen LogP contribution is -1.86. The molecule has 0 spiro atoms. The van der Waals surface area contributed by atoms with Crippen LogP contribution in [0.5, 0.6) is 0 Å². The molecule has 0 unspecified atom stereocenters. The zero-order valence-corrected chi connectivity index (χ0v) is 9.93. The van der Waals surface area contributed by atoms with Crippen molar-refractivity contribution in [3.63, 3.8) is 0 Å². The van der Waals surface area contributed by atoms with E-state index in [0.717, 1.165) is 15.9 Å². The molecule has 0 aliphatic carbocycles. The number of hydrogen-bond donors (Lipinski definition) is 0. The third kappa shape index (κ3) is 1.65. The normalized spacial score (nSPS) is 10.7. The van der Waals surface area contributed by atoms with E-state index in [2.05, 4.69) is 34.5 Å². The predicted molar refractivity (Wildman–Crippen MR) is 64.2 cm³/mol. The molecule has 0 N–H and O–H groups in total. The third-order valence-electron chi connectivity index (χ3n) is 2.04. The van der Waals surface area contributed by atoms with Crippen LogP contribution in [0.2, 0.25) is 5.02 Å². The van der Waals surface area contributed by atoms with Crippen LogP contribution in [0.4, 0.5) is 0 Å².